The minimum atomic E-state index is 0. The quantitative estimate of drug-likeness (QED) is 0.906. The molecule has 4 nitrogen and oxygen atoms in total. The molecule has 0 aromatic heterocycles. The van der Waals surface area contributed by atoms with E-state index in [1.165, 1.54) is 0 Å². The zero-order chi connectivity index (χ0) is 14.1. The van der Waals surface area contributed by atoms with Crippen molar-refractivity contribution in [2.45, 2.75) is 6.42 Å². The first-order valence-electron chi connectivity index (χ1n) is 7.42. The van der Waals surface area contributed by atoms with E-state index in [1.54, 1.807) is 0 Å². The van der Waals surface area contributed by atoms with Gasteiger partial charge in [-0.25, -0.2) is 0 Å². The molecule has 1 N–H and O–H groups in total. The number of halogens is 1. The van der Waals surface area contributed by atoms with E-state index in [9.17, 15) is 4.79 Å². The smallest absolute Gasteiger partial charge is 0.253 e. The second-order valence-corrected chi connectivity index (χ2v) is 6.16. The molecular weight excluding hydrogens is 286 g/mol. The highest BCUT2D eigenvalue weighted by atomic mass is 35.5. The molecule has 2 saturated heterocycles. The van der Waals surface area contributed by atoms with Crippen molar-refractivity contribution in [2.75, 3.05) is 45.2 Å². The Balaban J connectivity index is 0.00000161. The average Bonchev–Trinajstić information content (AvgIpc) is 2.94. The number of fused-ring (bicyclic) bond motifs is 1. The first kappa shape index (κ1) is 16.1. The summed E-state index contributed by atoms with van der Waals surface area (Å²) in [5.41, 5.74) is 1.88. The van der Waals surface area contributed by atoms with Crippen molar-refractivity contribution in [1.29, 1.82) is 0 Å². The van der Waals surface area contributed by atoms with Gasteiger partial charge in [-0.1, -0.05) is 6.07 Å². The molecule has 1 aromatic rings. The first-order chi connectivity index (χ1) is 9.65. The summed E-state index contributed by atoms with van der Waals surface area (Å²) in [4.78, 5) is 16.7. The fraction of sp³-hybridized carbons (Fsp3) is 0.562. The Kier molecular flexibility index (Phi) is 5.12. The molecule has 3 rings (SSSR count). The average molecular weight is 310 g/mol. The van der Waals surface area contributed by atoms with Crippen molar-refractivity contribution < 1.29 is 4.79 Å². The molecule has 2 unspecified atom stereocenters. The van der Waals surface area contributed by atoms with Gasteiger partial charge in [-0.15, -0.1) is 12.4 Å². The molecule has 2 atom stereocenters. The predicted molar refractivity (Wildman–Crippen MR) is 88.4 cm³/mol. The summed E-state index contributed by atoms with van der Waals surface area (Å²) >= 11 is 0. The zero-order valence-electron chi connectivity index (χ0n) is 12.7. The third kappa shape index (κ3) is 3.33. The topological polar surface area (TPSA) is 35.6 Å². The molecule has 5 heteroatoms. The number of benzene rings is 1. The number of carbonyl (C=O) groups excluding carboxylic acids is 1. The minimum Gasteiger partial charge on any atom is -0.378 e. The van der Waals surface area contributed by atoms with E-state index in [0.717, 1.165) is 49.8 Å². The molecule has 0 saturated carbocycles. The Morgan fingerprint density at radius 3 is 2.81 bits per heavy atom. The summed E-state index contributed by atoms with van der Waals surface area (Å²) in [6.07, 6.45) is 1.14. The largest absolute Gasteiger partial charge is 0.378 e. The second kappa shape index (κ2) is 6.67. The molecule has 0 bridgehead atoms. The van der Waals surface area contributed by atoms with Crippen LogP contribution in [0.4, 0.5) is 5.69 Å². The zero-order valence-corrected chi connectivity index (χ0v) is 13.5. The summed E-state index contributed by atoms with van der Waals surface area (Å²) in [6.45, 7) is 3.99. The molecule has 116 valence electrons. The number of amides is 1. The normalized spacial score (nSPS) is 24.2. The monoisotopic (exact) mass is 309 g/mol. The van der Waals surface area contributed by atoms with E-state index >= 15 is 0 Å². The number of carbonyl (C=O) groups is 1. The summed E-state index contributed by atoms with van der Waals surface area (Å²) in [6, 6.07) is 7.91. The molecule has 2 heterocycles. The van der Waals surface area contributed by atoms with Gasteiger partial charge < -0.3 is 15.1 Å². The summed E-state index contributed by atoms with van der Waals surface area (Å²) < 4.78 is 0. The van der Waals surface area contributed by atoms with Gasteiger partial charge >= 0.3 is 0 Å². The molecule has 0 spiro atoms. The summed E-state index contributed by atoms with van der Waals surface area (Å²) in [5.74, 6) is 1.59. The molecule has 0 radical (unpaired) electrons. The van der Waals surface area contributed by atoms with E-state index in [4.69, 9.17) is 0 Å². The Hall–Kier alpha value is -1.26. The van der Waals surface area contributed by atoms with E-state index in [2.05, 4.69) is 5.32 Å². The van der Waals surface area contributed by atoms with Crippen LogP contribution in [0.1, 0.15) is 16.8 Å². The van der Waals surface area contributed by atoms with E-state index in [1.807, 2.05) is 48.2 Å². The lowest BCUT2D eigenvalue weighted by Crippen LogP contribution is -2.43. The van der Waals surface area contributed by atoms with Gasteiger partial charge in [0.1, 0.15) is 0 Å². The van der Waals surface area contributed by atoms with Gasteiger partial charge in [0.2, 0.25) is 0 Å². The van der Waals surface area contributed by atoms with E-state index < -0.39 is 0 Å². The van der Waals surface area contributed by atoms with Crippen molar-refractivity contribution in [3.05, 3.63) is 29.8 Å². The lowest BCUT2D eigenvalue weighted by atomic mass is 9.88. The molecule has 1 amide bonds. The standard InChI is InChI=1S/C16H23N3O.ClH/c1-18(2)15-5-3-4-12(8-15)16(20)19-7-6-13-9-17-10-14(13)11-19;/h3-5,8,13-14,17H,6-7,9-11H2,1-2H3;1H. The van der Waals surface area contributed by atoms with Crippen LogP contribution >= 0.6 is 12.4 Å². The van der Waals surface area contributed by atoms with Crippen molar-refractivity contribution in [3.63, 3.8) is 0 Å². The number of hydrogen-bond acceptors (Lipinski definition) is 3. The van der Waals surface area contributed by atoms with E-state index in [0.29, 0.717) is 5.92 Å². The fourth-order valence-corrected chi connectivity index (χ4v) is 3.32. The van der Waals surface area contributed by atoms with Crippen LogP contribution < -0.4 is 10.2 Å². The van der Waals surface area contributed by atoms with Crippen molar-refractivity contribution in [2.24, 2.45) is 11.8 Å². The number of anilines is 1. The van der Waals surface area contributed by atoms with Crippen LogP contribution in [-0.2, 0) is 0 Å². The van der Waals surface area contributed by atoms with Crippen LogP contribution in [-0.4, -0.2) is 51.1 Å². The Bertz CT molecular complexity index is 506. The summed E-state index contributed by atoms with van der Waals surface area (Å²) in [5, 5.41) is 3.44. The molecule has 1 aromatic carbocycles. The molecular formula is C16H24ClN3O. The Labute approximate surface area is 132 Å². The van der Waals surface area contributed by atoms with Gasteiger partial charge in [0.25, 0.3) is 5.91 Å². The van der Waals surface area contributed by atoms with Crippen molar-refractivity contribution >= 4 is 24.0 Å². The van der Waals surface area contributed by atoms with Crippen LogP contribution in [0.25, 0.3) is 0 Å². The highest BCUT2D eigenvalue weighted by Gasteiger charge is 2.34. The molecule has 2 aliphatic rings. The minimum absolute atomic E-state index is 0. The van der Waals surface area contributed by atoms with Gasteiger partial charge in [-0.05, 0) is 49.5 Å². The molecule has 0 aliphatic carbocycles. The van der Waals surface area contributed by atoms with Gasteiger partial charge in [-0.2, -0.15) is 0 Å². The van der Waals surface area contributed by atoms with Gasteiger partial charge in [0, 0.05) is 38.4 Å². The lowest BCUT2D eigenvalue weighted by molar-refractivity contribution is 0.0642. The third-order valence-electron chi connectivity index (χ3n) is 4.60. The number of nitrogens with one attached hydrogen (secondary N) is 1. The SMILES string of the molecule is CN(C)c1cccc(C(=O)N2CCC3CNCC3C2)c1.Cl. The number of nitrogens with zero attached hydrogens (tertiary/aromatic N) is 2. The van der Waals surface area contributed by atoms with E-state index in [-0.39, 0.29) is 18.3 Å². The van der Waals surface area contributed by atoms with Crippen LogP contribution in [0, 0.1) is 11.8 Å². The Morgan fingerprint density at radius 1 is 1.29 bits per heavy atom. The van der Waals surface area contributed by atoms with Gasteiger partial charge in [0.05, 0.1) is 0 Å². The Morgan fingerprint density at radius 2 is 2.05 bits per heavy atom. The molecule has 21 heavy (non-hydrogen) atoms. The molecule has 2 fully saturated rings. The number of hydrogen-bond donors (Lipinski definition) is 1. The highest BCUT2D eigenvalue weighted by Crippen LogP contribution is 2.27. The summed E-state index contributed by atoms with van der Waals surface area (Å²) in [7, 11) is 4.00. The maximum Gasteiger partial charge on any atom is 0.253 e. The number of likely N-dealkylation sites (tertiary alicyclic amines) is 1. The lowest BCUT2D eigenvalue weighted by Gasteiger charge is -2.34. The third-order valence-corrected chi connectivity index (χ3v) is 4.60. The number of rotatable bonds is 2. The van der Waals surface area contributed by atoms with Gasteiger partial charge in [-0.3, -0.25) is 4.79 Å². The van der Waals surface area contributed by atoms with Gasteiger partial charge in [0.15, 0.2) is 0 Å². The second-order valence-electron chi connectivity index (χ2n) is 6.16. The first-order valence-corrected chi connectivity index (χ1v) is 7.42. The van der Waals surface area contributed by atoms with Crippen LogP contribution in [0.3, 0.4) is 0 Å². The van der Waals surface area contributed by atoms with Crippen molar-refractivity contribution in [1.82, 2.24) is 10.2 Å². The highest BCUT2D eigenvalue weighted by molar-refractivity contribution is 5.95. The maximum absolute atomic E-state index is 12.7. The predicted octanol–water partition coefficient (Wildman–Crippen LogP) is 1.86. The molecule has 2 aliphatic heterocycles. The fourth-order valence-electron chi connectivity index (χ4n) is 3.32. The van der Waals surface area contributed by atoms with Crippen LogP contribution in [0.2, 0.25) is 0 Å². The maximum atomic E-state index is 12.7. The van der Waals surface area contributed by atoms with Crippen LogP contribution in [0.15, 0.2) is 24.3 Å². The van der Waals surface area contributed by atoms with Crippen molar-refractivity contribution in [3.8, 4) is 0 Å². The number of piperidine rings is 1. The van der Waals surface area contributed by atoms with Crippen LogP contribution in [0.5, 0.6) is 0 Å².